The number of anilines is 1. The number of ether oxygens (including phenoxy) is 1. The summed E-state index contributed by atoms with van der Waals surface area (Å²) in [6.45, 7) is 1.61. The first-order chi connectivity index (χ1) is 13.3. The van der Waals surface area contributed by atoms with E-state index < -0.39 is 17.5 Å². The highest BCUT2D eigenvalue weighted by atomic mass is 35.5. The second-order valence-corrected chi connectivity index (χ2v) is 7.04. The Morgan fingerprint density at radius 2 is 2.00 bits per heavy atom. The van der Waals surface area contributed by atoms with Crippen molar-refractivity contribution in [1.29, 1.82) is 0 Å². The summed E-state index contributed by atoms with van der Waals surface area (Å²) in [7, 11) is 1.55. The van der Waals surface area contributed by atoms with Gasteiger partial charge in [-0.3, -0.25) is 14.9 Å². The Morgan fingerprint density at radius 1 is 1.21 bits per heavy atom. The van der Waals surface area contributed by atoms with Crippen molar-refractivity contribution in [2.45, 2.75) is 25.3 Å². The average molecular weight is 402 g/mol. The summed E-state index contributed by atoms with van der Waals surface area (Å²) in [6.07, 6.45) is 0.785. The third-order valence-electron chi connectivity index (χ3n) is 4.63. The van der Waals surface area contributed by atoms with Crippen molar-refractivity contribution in [3.63, 3.8) is 0 Å². The minimum Gasteiger partial charge on any atom is -0.495 e. The van der Waals surface area contributed by atoms with Gasteiger partial charge in [-0.2, -0.15) is 0 Å². The molecule has 7 nitrogen and oxygen atoms in total. The molecule has 0 bridgehead atoms. The first-order valence-corrected chi connectivity index (χ1v) is 9.06. The molecule has 3 rings (SSSR count). The van der Waals surface area contributed by atoms with E-state index in [0.29, 0.717) is 28.4 Å². The Balaban J connectivity index is 1.64. The van der Waals surface area contributed by atoms with Crippen molar-refractivity contribution in [2.24, 2.45) is 0 Å². The van der Waals surface area contributed by atoms with Gasteiger partial charge in [0.25, 0.3) is 5.91 Å². The maximum Gasteiger partial charge on any atom is 0.322 e. The quantitative estimate of drug-likeness (QED) is 0.648. The fraction of sp³-hybridized carbons (Fsp3) is 0.250. The SMILES string of the molecule is COc1ccc(CCC(=O)Nc2cccc(C3(C)NC(=O)NC3=O)c2)cc1Cl. The second kappa shape index (κ2) is 7.90. The van der Waals surface area contributed by atoms with Crippen LogP contribution in [-0.2, 0) is 21.5 Å². The number of imide groups is 1. The van der Waals surface area contributed by atoms with Crippen molar-refractivity contribution >= 4 is 35.1 Å². The molecule has 1 aliphatic heterocycles. The van der Waals surface area contributed by atoms with Gasteiger partial charge in [0, 0.05) is 12.1 Å². The lowest BCUT2D eigenvalue weighted by molar-refractivity contribution is -0.123. The van der Waals surface area contributed by atoms with Crippen LogP contribution < -0.4 is 20.7 Å². The van der Waals surface area contributed by atoms with Crippen molar-refractivity contribution in [3.05, 3.63) is 58.6 Å². The van der Waals surface area contributed by atoms with E-state index >= 15 is 0 Å². The van der Waals surface area contributed by atoms with Gasteiger partial charge in [-0.25, -0.2) is 4.79 Å². The third-order valence-corrected chi connectivity index (χ3v) is 4.92. The fourth-order valence-corrected chi connectivity index (χ4v) is 3.28. The van der Waals surface area contributed by atoms with Crippen LogP contribution in [0, 0.1) is 0 Å². The molecule has 1 atom stereocenters. The summed E-state index contributed by atoms with van der Waals surface area (Å²) in [6, 6.07) is 11.7. The van der Waals surface area contributed by atoms with Gasteiger partial charge < -0.3 is 15.4 Å². The molecule has 0 aliphatic carbocycles. The number of urea groups is 1. The number of nitrogens with one attached hydrogen (secondary N) is 3. The molecule has 4 amide bonds. The van der Waals surface area contributed by atoms with E-state index in [2.05, 4.69) is 16.0 Å². The van der Waals surface area contributed by atoms with Crippen LogP contribution in [0.25, 0.3) is 0 Å². The summed E-state index contributed by atoms with van der Waals surface area (Å²) in [5.74, 6) is -0.0188. The molecule has 8 heteroatoms. The molecule has 146 valence electrons. The van der Waals surface area contributed by atoms with Crippen LogP contribution in [0.3, 0.4) is 0 Å². The zero-order chi connectivity index (χ0) is 20.3. The molecule has 2 aromatic carbocycles. The van der Waals surface area contributed by atoms with Crippen LogP contribution in [0.4, 0.5) is 10.5 Å². The lowest BCUT2D eigenvalue weighted by Gasteiger charge is -2.21. The third kappa shape index (κ3) is 4.09. The largest absolute Gasteiger partial charge is 0.495 e. The highest BCUT2D eigenvalue weighted by Gasteiger charge is 2.43. The summed E-state index contributed by atoms with van der Waals surface area (Å²) in [5, 5.41) is 8.14. The van der Waals surface area contributed by atoms with Crippen LogP contribution in [0.15, 0.2) is 42.5 Å². The molecular formula is C20H20ClN3O4. The molecule has 3 N–H and O–H groups in total. The Hall–Kier alpha value is -3.06. The van der Waals surface area contributed by atoms with E-state index in [1.807, 2.05) is 6.07 Å². The first kappa shape index (κ1) is 19.7. The average Bonchev–Trinajstić information content (AvgIpc) is 2.93. The maximum atomic E-state index is 12.3. The molecule has 1 heterocycles. The summed E-state index contributed by atoms with van der Waals surface area (Å²) >= 11 is 6.10. The van der Waals surface area contributed by atoms with E-state index in [1.54, 1.807) is 50.4 Å². The molecule has 2 aromatic rings. The minimum absolute atomic E-state index is 0.172. The summed E-state index contributed by atoms with van der Waals surface area (Å²) in [5.41, 5.74) is 0.881. The van der Waals surface area contributed by atoms with E-state index in [0.717, 1.165) is 5.56 Å². The lowest BCUT2D eigenvalue weighted by Crippen LogP contribution is -2.40. The number of halogens is 1. The number of carbonyl (C=O) groups excluding carboxylic acids is 3. The van der Waals surface area contributed by atoms with Gasteiger partial charge in [0.2, 0.25) is 5.91 Å². The van der Waals surface area contributed by atoms with E-state index in [1.165, 1.54) is 0 Å². The lowest BCUT2D eigenvalue weighted by atomic mass is 9.92. The molecule has 1 saturated heterocycles. The van der Waals surface area contributed by atoms with E-state index in [4.69, 9.17) is 16.3 Å². The van der Waals surface area contributed by atoms with E-state index in [9.17, 15) is 14.4 Å². The Kier molecular flexibility index (Phi) is 5.56. The molecule has 1 aliphatic rings. The number of hydrogen-bond donors (Lipinski definition) is 3. The molecule has 0 spiro atoms. The number of benzene rings is 2. The Bertz CT molecular complexity index is 947. The van der Waals surface area contributed by atoms with E-state index in [-0.39, 0.29) is 12.3 Å². The molecule has 0 aromatic heterocycles. The van der Waals surface area contributed by atoms with Gasteiger partial charge in [-0.15, -0.1) is 0 Å². The van der Waals surface area contributed by atoms with Gasteiger partial charge >= 0.3 is 6.03 Å². The predicted molar refractivity (Wildman–Crippen MR) is 105 cm³/mol. The molecule has 0 saturated carbocycles. The molecule has 28 heavy (non-hydrogen) atoms. The standard InChI is InChI=1S/C20H20ClN3O4/c1-20(18(26)23-19(27)24-20)13-4-3-5-14(11-13)22-17(25)9-7-12-6-8-16(28-2)15(21)10-12/h3-6,8,10-11H,7,9H2,1-2H3,(H,22,25)(H2,23,24,26,27). The molecule has 1 unspecified atom stereocenters. The van der Waals surface area contributed by atoms with Crippen LogP contribution in [0.1, 0.15) is 24.5 Å². The highest BCUT2D eigenvalue weighted by Crippen LogP contribution is 2.27. The molecule has 1 fully saturated rings. The smallest absolute Gasteiger partial charge is 0.322 e. The second-order valence-electron chi connectivity index (χ2n) is 6.63. The zero-order valence-corrected chi connectivity index (χ0v) is 16.2. The van der Waals surface area contributed by atoms with Gasteiger partial charge in [0.1, 0.15) is 11.3 Å². The number of aryl methyl sites for hydroxylation is 1. The summed E-state index contributed by atoms with van der Waals surface area (Å²) in [4.78, 5) is 35.8. The number of carbonyl (C=O) groups is 3. The van der Waals surface area contributed by atoms with Gasteiger partial charge in [0.05, 0.1) is 12.1 Å². The van der Waals surface area contributed by atoms with Crippen molar-refractivity contribution in [2.75, 3.05) is 12.4 Å². The fourth-order valence-electron chi connectivity index (χ4n) is 3.00. The number of methoxy groups -OCH3 is 1. The number of amides is 4. The van der Waals surface area contributed by atoms with Crippen molar-refractivity contribution < 1.29 is 19.1 Å². The monoisotopic (exact) mass is 401 g/mol. The van der Waals surface area contributed by atoms with Gasteiger partial charge in [-0.1, -0.05) is 29.8 Å². The van der Waals surface area contributed by atoms with Gasteiger partial charge in [0.15, 0.2) is 0 Å². The minimum atomic E-state index is -1.17. The number of rotatable bonds is 6. The van der Waals surface area contributed by atoms with Crippen LogP contribution in [0.2, 0.25) is 5.02 Å². The first-order valence-electron chi connectivity index (χ1n) is 8.68. The molecular weight excluding hydrogens is 382 g/mol. The van der Waals surface area contributed by atoms with Crippen LogP contribution in [-0.4, -0.2) is 25.0 Å². The maximum absolute atomic E-state index is 12.3. The molecule has 0 radical (unpaired) electrons. The predicted octanol–water partition coefficient (Wildman–Crippen LogP) is 2.97. The Morgan fingerprint density at radius 3 is 2.64 bits per heavy atom. The Labute approximate surface area is 167 Å². The number of hydrogen-bond acceptors (Lipinski definition) is 4. The highest BCUT2D eigenvalue weighted by molar-refractivity contribution is 6.32. The summed E-state index contributed by atoms with van der Waals surface area (Å²) < 4.78 is 5.11. The van der Waals surface area contributed by atoms with Gasteiger partial charge in [-0.05, 0) is 48.7 Å². The van der Waals surface area contributed by atoms with Crippen molar-refractivity contribution in [1.82, 2.24) is 10.6 Å². The topological polar surface area (TPSA) is 96.5 Å². The van der Waals surface area contributed by atoms with Crippen molar-refractivity contribution in [3.8, 4) is 5.75 Å². The normalized spacial score (nSPS) is 18.4. The van der Waals surface area contributed by atoms with Crippen LogP contribution >= 0.6 is 11.6 Å². The zero-order valence-electron chi connectivity index (χ0n) is 15.5. The van der Waals surface area contributed by atoms with Crippen LogP contribution in [0.5, 0.6) is 5.75 Å².